The molecule has 2 aromatic rings. The number of rotatable bonds is 17. The zero-order valence-electron chi connectivity index (χ0n) is 24.7. The summed E-state index contributed by atoms with van der Waals surface area (Å²) in [7, 11) is 2.13. The summed E-state index contributed by atoms with van der Waals surface area (Å²) >= 11 is 4.54. The minimum Gasteiger partial charge on any atom is -0.493 e. The second-order valence-corrected chi connectivity index (χ2v) is 12.7. The van der Waals surface area contributed by atoms with Crippen LogP contribution in [-0.2, 0) is 4.74 Å². The highest BCUT2D eigenvalue weighted by Gasteiger charge is 2.19. The Morgan fingerprint density at radius 1 is 0.923 bits per heavy atom. The maximum Gasteiger partial charge on any atom is 0.122 e. The number of hydrogen-bond acceptors (Lipinski definition) is 7. The number of benzene rings is 2. The predicted molar refractivity (Wildman–Crippen MR) is 165 cm³/mol. The van der Waals surface area contributed by atoms with Gasteiger partial charge in [0.15, 0.2) is 0 Å². The highest BCUT2D eigenvalue weighted by Crippen LogP contribution is 2.35. The molecule has 1 atom stereocenters. The molecule has 0 radical (unpaired) electrons. The molecule has 0 aromatic heterocycles. The van der Waals surface area contributed by atoms with Crippen molar-refractivity contribution in [2.45, 2.75) is 64.2 Å². The quantitative estimate of drug-likeness (QED) is 0.194. The molecular weight excluding hydrogens is 508 g/mol. The molecule has 0 saturated carbocycles. The van der Waals surface area contributed by atoms with Crippen molar-refractivity contribution in [2.24, 2.45) is 0 Å². The van der Waals surface area contributed by atoms with Gasteiger partial charge in [-0.05, 0) is 81.0 Å². The molecule has 3 rings (SSSR count). The van der Waals surface area contributed by atoms with E-state index in [2.05, 4.69) is 93.6 Å². The molecule has 0 bridgehead atoms. The van der Waals surface area contributed by atoms with Crippen LogP contribution in [0, 0.1) is 13.8 Å². The third kappa shape index (κ3) is 11.0. The Morgan fingerprint density at radius 2 is 1.54 bits per heavy atom. The number of β-amino-alcohol motifs (C(OH)–C–C–N with tert-alkyl or cyclic N) is 1. The van der Waals surface area contributed by atoms with Crippen LogP contribution in [0.15, 0.2) is 36.4 Å². The van der Waals surface area contributed by atoms with Crippen LogP contribution in [-0.4, -0.2) is 92.0 Å². The summed E-state index contributed by atoms with van der Waals surface area (Å²) in [6, 6.07) is 12.6. The van der Waals surface area contributed by atoms with Gasteiger partial charge in [-0.1, -0.05) is 38.1 Å². The molecule has 1 aliphatic rings. The van der Waals surface area contributed by atoms with Crippen molar-refractivity contribution in [1.29, 1.82) is 0 Å². The van der Waals surface area contributed by atoms with E-state index in [1.807, 2.05) is 0 Å². The van der Waals surface area contributed by atoms with Crippen molar-refractivity contribution in [3.05, 3.63) is 47.5 Å². The molecule has 218 valence electrons. The Labute approximate surface area is 242 Å². The van der Waals surface area contributed by atoms with Crippen LogP contribution < -0.4 is 9.47 Å². The van der Waals surface area contributed by atoms with Gasteiger partial charge in [-0.3, -0.25) is 0 Å². The van der Waals surface area contributed by atoms with Gasteiger partial charge in [-0.15, -0.1) is 0 Å². The van der Waals surface area contributed by atoms with Crippen LogP contribution in [0.1, 0.15) is 50.7 Å². The lowest BCUT2D eigenvalue weighted by Gasteiger charge is -2.20. The van der Waals surface area contributed by atoms with Gasteiger partial charge in [0.1, 0.15) is 11.5 Å². The fraction of sp³-hybridized carbons (Fsp3) is 0.625. The van der Waals surface area contributed by atoms with E-state index in [1.54, 1.807) is 0 Å². The summed E-state index contributed by atoms with van der Waals surface area (Å²) in [5, 5.41) is 9.71. The third-order valence-corrected chi connectivity index (χ3v) is 7.62. The first-order valence-electron chi connectivity index (χ1n) is 14.5. The van der Waals surface area contributed by atoms with Crippen molar-refractivity contribution >= 4 is 12.6 Å². The van der Waals surface area contributed by atoms with Crippen molar-refractivity contribution in [3.63, 3.8) is 0 Å². The Bertz CT molecular complexity index is 1010. The van der Waals surface area contributed by atoms with Crippen LogP contribution in [0.2, 0.25) is 0 Å². The number of likely N-dealkylation sites (N-methyl/N-ethyl adjacent to an activating group) is 1. The number of hydrogen-bond donors (Lipinski definition) is 2. The van der Waals surface area contributed by atoms with Gasteiger partial charge >= 0.3 is 0 Å². The van der Waals surface area contributed by atoms with Gasteiger partial charge in [0.25, 0.3) is 0 Å². The van der Waals surface area contributed by atoms with E-state index < -0.39 is 0 Å². The number of nitrogens with zero attached hydrogens (tertiary/aromatic N) is 2. The van der Waals surface area contributed by atoms with Crippen LogP contribution in [0.25, 0.3) is 11.1 Å². The monoisotopic (exact) mass is 558 g/mol. The van der Waals surface area contributed by atoms with E-state index in [-0.39, 0.29) is 10.9 Å². The molecule has 39 heavy (non-hydrogen) atoms. The normalized spacial score (nSPS) is 16.3. The summed E-state index contributed by atoms with van der Waals surface area (Å²) in [6.45, 7) is 16.0. The largest absolute Gasteiger partial charge is 0.493 e. The molecule has 1 saturated heterocycles. The van der Waals surface area contributed by atoms with Crippen LogP contribution in [0.5, 0.6) is 11.5 Å². The SMILES string of the molecule is Cc1c(OCCCN(C)CCOCCC(C)(C)S)cccc1-c1cccc(OCCCN2CC[C@@H](O)C2)c1C. The maximum atomic E-state index is 9.71. The van der Waals surface area contributed by atoms with Crippen LogP contribution in [0.4, 0.5) is 0 Å². The van der Waals surface area contributed by atoms with Crippen molar-refractivity contribution in [2.75, 3.05) is 66.2 Å². The molecular formula is C32H50N2O4S. The van der Waals surface area contributed by atoms with Gasteiger partial charge in [0.2, 0.25) is 0 Å². The molecule has 7 heteroatoms. The molecule has 6 nitrogen and oxygen atoms in total. The molecule has 2 aromatic carbocycles. The average molecular weight is 559 g/mol. The Hall–Kier alpha value is -1.77. The lowest BCUT2D eigenvalue weighted by molar-refractivity contribution is 0.104. The number of aliphatic hydroxyl groups is 1. The summed E-state index contributed by atoms with van der Waals surface area (Å²) in [5.41, 5.74) is 4.66. The zero-order chi connectivity index (χ0) is 28.3. The van der Waals surface area contributed by atoms with Gasteiger partial charge in [0, 0.05) is 44.1 Å². The second kappa shape index (κ2) is 15.9. The molecule has 0 spiro atoms. The minimum absolute atomic E-state index is 0.0212. The van der Waals surface area contributed by atoms with Gasteiger partial charge in [0.05, 0.1) is 25.9 Å². The lowest BCUT2D eigenvalue weighted by atomic mass is 9.95. The van der Waals surface area contributed by atoms with Gasteiger partial charge < -0.3 is 29.1 Å². The Morgan fingerprint density at radius 3 is 2.10 bits per heavy atom. The van der Waals surface area contributed by atoms with Crippen LogP contribution >= 0.6 is 12.6 Å². The second-order valence-electron chi connectivity index (χ2n) is 11.5. The van der Waals surface area contributed by atoms with E-state index in [0.29, 0.717) is 13.2 Å². The fourth-order valence-electron chi connectivity index (χ4n) is 4.88. The number of aliphatic hydroxyl groups excluding tert-OH is 1. The molecule has 1 N–H and O–H groups in total. The summed E-state index contributed by atoms with van der Waals surface area (Å²) in [4.78, 5) is 4.60. The Kier molecular flexibility index (Phi) is 12.9. The molecule has 1 aliphatic heterocycles. The van der Waals surface area contributed by atoms with Crippen molar-refractivity contribution in [1.82, 2.24) is 9.80 Å². The van der Waals surface area contributed by atoms with Crippen molar-refractivity contribution in [3.8, 4) is 22.6 Å². The third-order valence-electron chi connectivity index (χ3n) is 7.40. The number of likely N-dealkylation sites (tertiary alicyclic amines) is 1. The van der Waals surface area contributed by atoms with E-state index in [4.69, 9.17) is 14.2 Å². The zero-order valence-corrected chi connectivity index (χ0v) is 25.6. The maximum absolute atomic E-state index is 9.71. The standard InChI is InChI=1S/C32H50N2O4S/c1-25-28(29-11-7-13-31(26(29)2)38-21-9-17-34-18-14-27(35)24-34)10-6-12-30(25)37-20-8-16-33(5)19-23-36-22-15-32(3,4)39/h6-7,10-13,27,35,39H,8-9,14-24H2,1-5H3/t27-/m1/s1. The minimum atomic E-state index is -0.166. The molecule has 0 aliphatic carbocycles. The van der Waals surface area contributed by atoms with E-state index in [9.17, 15) is 5.11 Å². The highest BCUT2D eigenvalue weighted by atomic mass is 32.1. The highest BCUT2D eigenvalue weighted by molar-refractivity contribution is 7.81. The van der Waals surface area contributed by atoms with E-state index in [0.717, 1.165) is 94.2 Å². The van der Waals surface area contributed by atoms with Gasteiger partial charge in [-0.25, -0.2) is 0 Å². The Balaban J connectivity index is 1.44. The van der Waals surface area contributed by atoms with E-state index >= 15 is 0 Å². The molecule has 0 unspecified atom stereocenters. The first-order chi connectivity index (χ1) is 18.6. The average Bonchev–Trinajstić information content (AvgIpc) is 3.30. The van der Waals surface area contributed by atoms with Gasteiger partial charge in [-0.2, -0.15) is 12.6 Å². The molecule has 0 amide bonds. The first kappa shape index (κ1) is 31.8. The predicted octanol–water partition coefficient (Wildman–Crippen LogP) is 5.62. The summed E-state index contributed by atoms with van der Waals surface area (Å²) in [6.07, 6.45) is 3.58. The summed E-state index contributed by atoms with van der Waals surface area (Å²) in [5.74, 6) is 1.87. The molecule has 1 fully saturated rings. The lowest BCUT2D eigenvalue weighted by Crippen LogP contribution is -2.26. The topological polar surface area (TPSA) is 54.4 Å². The smallest absolute Gasteiger partial charge is 0.122 e. The first-order valence-corrected chi connectivity index (χ1v) is 14.9. The number of ether oxygens (including phenoxy) is 3. The molecule has 1 heterocycles. The number of thiol groups is 1. The van der Waals surface area contributed by atoms with E-state index in [1.165, 1.54) is 11.1 Å². The van der Waals surface area contributed by atoms with Crippen LogP contribution in [0.3, 0.4) is 0 Å². The summed E-state index contributed by atoms with van der Waals surface area (Å²) < 4.78 is 18.2. The fourth-order valence-corrected chi connectivity index (χ4v) is 4.97. The van der Waals surface area contributed by atoms with Crippen molar-refractivity contribution < 1.29 is 19.3 Å².